The smallest absolute Gasteiger partial charge is 0.331 e. The van der Waals surface area contributed by atoms with Crippen LogP contribution in [0.2, 0.25) is 0 Å². The van der Waals surface area contributed by atoms with Crippen molar-refractivity contribution >= 4 is 11.7 Å². The quantitative estimate of drug-likeness (QED) is 0.768. The molecule has 3 nitrogen and oxygen atoms in total. The van der Waals surface area contributed by atoms with E-state index in [4.69, 9.17) is 4.74 Å². The fourth-order valence-electron chi connectivity index (χ4n) is 1.97. The normalized spacial score (nSPS) is 13.9. The number of ether oxygens (including phenoxy) is 1. The van der Waals surface area contributed by atoms with Gasteiger partial charge in [-0.25, -0.2) is 9.18 Å². The number of anilines is 1. The Morgan fingerprint density at radius 1 is 1.45 bits per heavy atom. The maximum Gasteiger partial charge on any atom is 0.331 e. The molecule has 0 aromatic heterocycles. The zero-order valence-electron chi connectivity index (χ0n) is 12.7. The molecule has 112 valence electrons. The highest BCUT2D eigenvalue weighted by Gasteiger charge is 2.34. The second-order valence-corrected chi connectivity index (χ2v) is 5.62. The number of hydrogen-bond donors (Lipinski definition) is 1. The van der Waals surface area contributed by atoms with E-state index in [1.165, 1.54) is 12.1 Å². The topological polar surface area (TPSA) is 38.3 Å². The van der Waals surface area contributed by atoms with Gasteiger partial charge in [-0.1, -0.05) is 19.9 Å². The summed E-state index contributed by atoms with van der Waals surface area (Å²) in [7, 11) is 0. The maximum atomic E-state index is 13.2. The SMILES string of the molecule is CCOC(=O)C(C)(CCC(C)C)Nc1cccc(F)c1. The lowest BCUT2D eigenvalue weighted by Crippen LogP contribution is -2.45. The van der Waals surface area contributed by atoms with E-state index in [-0.39, 0.29) is 11.8 Å². The first kappa shape index (κ1) is 16.5. The van der Waals surface area contributed by atoms with Crippen LogP contribution in [0.25, 0.3) is 0 Å². The molecule has 20 heavy (non-hydrogen) atoms. The lowest BCUT2D eigenvalue weighted by molar-refractivity contribution is -0.148. The average Bonchev–Trinajstić information content (AvgIpc) is 2.36. The van der Waals surface area contributed by atoms with Gasteiger partial charge in [-0.15, -0.1) is 0 Å². The monoisotopic (exact) mass is 281 g/mol. The van der Waals surface area contributed by atoms with Gasteiger partial charge in [-0.2, -0.15) is 0 Å². The zero-order valence-corrected chi connectivity index (χ0v) is 12.7. The summed E-state index contributed by atoms with van der Waals surface area (Å²) < 4.78 is 18.4. The third-order valence-corrected chi connectivity index (χ3v) is 3.19. The number of carbonyl (C=O) groups is 1. The van der Waals surface area contributed by atoms with E-state index in [0.717, 1.165) is 6.42 Å². The Hall–Kier alpha value is -1.58. The van der Waals surface area contributed by atoms with Crippen LogP contribution in [0.3, 0.4) is 0 Å². The van der Waals surface area contributed by atoms with Crippen molar-refractivity contribution in [3.05, 3.63) is 30.1 Å². The minimum Gasteiger partial charge on any atom is -0.464 e. The number of halogens is 1. The lowest BCUT2D eigenvalue weighted by atomic mass is 9.91. The van der Waals surface area contributed by atoms with Crippen LogP contribution in [-0.2, 0) is 9.53 Å². The fourth-order valence-corrected chi connectivity index (χ4v) is 1.97. The summed E-state index contributed by atoms with van der Waals surface area (Å²) in [5.41, 5.74) is -0.252. The Balaban J connectivity index is 2.88. The Kier molecular flexibility index (Phi) is 5.99. The summed E-state index contributed by atoms with van der Waals surface area (Å²) in [5, 5.41) is 3.12. The van der Waals surface area contributed by atoms with E-state index in [9.17, 15) is 9.18 Å². The minimum atomic E-state index is -0.839. The van der Waals surface area contributed by atoms with Crippen molar-refractivity contribution in [1.82, 2.24) is 0 Å². The minimum absolute atomic E-state index is 0.301. The molecule has 4 heteroatoms. The molecule has 1 rings (SSSR count). The molecule has 1 atom stereocenters. The van der Waals surface area contributed by atoms with Crippen molar-refractivity contribution in [2.24, 2.45) is 5.92 Å². The van der Waals surface area contributed by atoms with Crippen LogP contribution in [0.5, 0.6) is 0 Å². The van der Waals surface area contributed by atoms with Crippen LogP contribution in [0.4, 0.5) is 10.1 Å². The highest BCUT2D eigenvalue weighted by atomic mass is 19.1. The van der Waals surface area contributed by atoms with Crippen molar-refractivity contribution in [2.75, 3.05) is 11.9 Å². The third-order valence-electron chi connectivity index (χ3n) is 3.19. The Bertz CT molecular complexity index is 448. The van der Waals surface area contributed by atoms with Crippen LogP contribution < -0.4 is 5.32 Å². The van der Waals surface area contributed by atoms with Crippen LogP contribution in [0.15, 0.2) is 24.3 Å². The first-order valence-corrected chi connectivity index (χ1v) is 7.08. The average molecular weight is 281 g/mol. The van der Waals surface area contributed by atoms with E-state index in [2.05, 4.69) is 19.2 Å². The molecule has 0 aliphatic carbocycles. The fraction of sp³-hybridized carbons (Fsp3) is 0.562. The molecule has 1 aromatic rings. The van der Waals surface area contributed by atoms with Crippen LogP contribution in [-0.4, -0.2) is 18.1 Å². The number of carbonyl (C=O) groups excluding carboxylic acids is 1. The molecule has 1 aromatic carbocycles. The molecular formula is C16H24FNO2. The van der Waals surface area contributed by atoms with E-state index in [1.54, 1.807) is 26.0 Å². The van der Waals surface area contributed by atoms with Crippen molar-refractivity contribution in [2.45, 2.75) is 46.1 Å². The van der Waals surface area contributed by atoms with Crippen LogP contribution >= 0.6 is 0 Å². The van der Waals surface area contributed by atoms with Gasteiger partial charge in [0, 0.05) is 5.69 Å². The van der Waals surface area contributed by atoms with Gasteiger partial charge in [0.15, 0.2) is 0 Å². The van der Waals surface area contributed by atoms with E-state index in [1.807, 2.05) is 0 Å². The molecule has 0 amide bonds. The molecule has 0 aliphatic heterocycles. The predicted octanol–water partition coefficient (Wildman–Crippen LogP) is 4.00. The molecule has 0 fully saturated rings. The first-order chi connectivity index (χ1) is 9.37. The van der Waals surface area contributed by atoms with Gasteiger partial charge in [0.25, 0.3) is 0 Å². The molecule has 0 saturated heterocycles. The van der Waals surface area contributed by atoms with Gasteiger partial charge in [-0.3, -0.25) is 0 Å². The van der Waals surface area contributed by atoms with Gasteiger partial charge in [0.2, 0.25) is 0 Å². The van der Waals surface area contributed by atoms with Gasteiger partial charge in [0.1, 0.15) is 11.4 Å². The Labute approximate surface area is 120 Å². The number of hydrogen-bond acceptors (Lipinski definition) is 3. The molecule has 0 bridgehead atoms. The maximum absolute atomic E-state index is 13.2. The molecule has 0 radical (unpaired) electrons. The number of rotatable bonds is 7. The summed E-state index contributed by atoms with van der Waals surface area (Å²) in [6.45, 7) is 8.13. The number of esters is 1. The molecule has 0 saturated carbocycles. The molecular weight excluding hydrogens is 257 g/mol. The number of nitrogens with one attached hydrogen (secondary N) is 1. The first-order valence-electron chi connectivity index (χ1n) is 7.08. The second-order valence-electron chi connectivity index (χ2n) is 5.62. The molecule has 0 spiro atoms. The molecule has 0 heterocycles. The summed E-state index contributed by atoms with van der Waals surface area (Å²) in [4.78, 5) is 12.2. The summed E-state index contributed by atoms with van der Waals surface area (Å²) in [6.07, 6.45) is 1.53. The van der Waals surface area contributed by atoms with Crippen LogP contribution in [0, 0.1) is 11.7 Å². The largest absolute Gasteiger partial charge is 0.464 e. The van der Waals surface area contributed by atoms with Gasteiger partial charge < -0.3 is 10.1 Å². The van der Waals surface area contributed by atoms with E-state index < -0.39 is 5.54 Å². The third kappa shape index (κ3) is 4.83. The Morgan fingerprint density at radius 2 is 2.15 bits per heavy atom. The predicted molar refractivity (Wildman–Crippen MR) is 79.1 cm³/mol. The van der Waals surface area contributed by atoms with Gasteiger partial charge in [-0.05, 0) is 50.8 Å². The number of benzene rings is 1. The summed E-state index contributed by atoms with van der Waals surface area (Å²) in [6, 6.07) is 6.12. The highest BCUT2D eigenvalue weighted by Crippen LogP contribution is 2.24. The van der Waals surface area contributed by atoms with E-state index >= 15 is 0 Å². The van der Waals surface area contributed by atoms with Gasteiger partial charge in [0.05, 0.1) is 6.61 Å². The standard InChI is InChI=1S/C16H24FNO2/c1-5-20-15(19)16(4,10-9-12(2)3)18-14-8-6-7-13(17)11-14/h6-8,11-12,18H,5,9-10H2,1-4H3. The zero-order chi connectivity index (χ0) is 15.2. The van der Waals surface area contributed by atoms with Crippen molar-refractivity contribution < 1.29 is 13.9 Å². The van der Waals surface area contributed by atoms with Gasteiger partial charge >= 0.3 is 5.97 Å². The highest BCUT2D eigenvalue weighted by molar-refractivity contribution is 5.84. The van der Waals surface area contributed by atoms with Crippen molar-refractivity contribution in [3.8, 4) is 0 Å². The Morgan fingerprint density at radius 3 is 2.70 bits per heavy atom. The van der Waals surface area contributed by atoms with Crippen molar-refractivity contribution in [3.63, 3.8) is 0 Å². The van der Waals surface area contributed by atoms with Crippen molar-refractivity contribution in [1.29, 1.82) is 0 Å². The summed E-state index contributed by atoms with van der Waals surface area (Å²) in [5.74, 6) is -0.145. The molecule has 1 N–H and O–H groups in total. The van der Waals surface area contributed by atoms with Crippen LogP contribution in [0.1, 0.15) is 40.5 Å². The molecule has 1 unspecified atom stereocenters. The molecule has 0 aliphatic rings. The second kappa shape index (κ2) is 7.27. The van der Waals surface area contributed by atoms with E-state index in [0.29, 0.717) is 24.6 Å². The summed E-state index contributed by atoms with van der Waals surface area (Å²) >= 11 is 0. The lowest BCUT2D eigenvalue weighted by Gasteiger charge is -2.30.